The molecule has 168 valence electrons. The van der Waals surface area contributed by atoms with E-state index in [9.17, 15) is 13.2 Å². The van der Waals surface area contributed by atoms with Crippen LogP contribution in [0.4, 0.5) is 17.6 Å². The van der Waals surface area contributed by atoms with Gasteiger partial charge in [-0.05, 0) is 67.7 Å². The molecule has 0 spiro atoms. The van der Waals surface area contributed by atoms with E-state index in [1.165, 1.54) is 31.1 Å². The van der Waals surface area contributed by atoms with Crippen LogP contribution in [0.15, 0.2) is 42.5 Å². The zero-order valence-electron chi connectivity index (χ0n) is 18.1. The Bertz CT molecular complexity index is 876. The molecule has 0 bridgehead atoms. The maximum atomic E-state index is 15.1. The lowest BCUT2D eigenvalue weighted by Crippen LogP contribution is -2.13. The topological polar surface area (TPSA) is 9.23 Å². The lowest BCUT2D eigenvalue weighted by molar-refractivity contribution is -0.140. The van der Waals surface area contributed by atoms with Crippen LogP contribution in [-0.2, 0) is 6.18 Å². The Morgan fingerprint density at radius 3 is 2.23 bits per heavy atom. The standard InChI is InChI=1S/C26H30F4O/c1-3-5-18-6-8-19(9-7-18)10-11-21-14-17-23(25(27)24(21)26(28,29)30)20-12-15-22(16-13-20)31-4-2/h10-19H,3-9H2,1-2H3/b11-10+. The first-order valence-corrected chi connectivity index (χ1v) is 11.1. The molecule has 3 rings (SSSR count). The summed E-state index contributed by atoms with van der Waals surface area (Å²) >= 11 is 0. The van der Waals surface area contributed by atoms with Crippen molar-refractivity contribution in [3.05, 3.63) is 59.4 Å². The van der Waals surface area contributed by atoms with Gasteiger partial charge in [0.1, 0.15) is 11.6 Å². The number of allylic oxidation sites excluding steroid dienone is 1. The van der Waals surface area contributed by atoms with Gasteiger partial charge in [0.2, 0.25) is 0 Å². The summed E-state index contributed by atoms with van der Waals surface area (Å²) in [5.74, 6) is 0.343. The third-order valence-electron chi connectivity index (χ3n) is 6.07. The van der Waals surface area contributed by atoms with Crippen molar-refractivity contribution in [3.63, 3.8) is 0 Å². The van der Waals surface area contributed by atoms with Gasteiger partial charge in [-0.1, -0.05) is 56.2 Å². The van der Waals surface area contributed by atoms with Gasteiger partial charge < -0.3 is 4.74 Å². The number of halogens is 4. The fraction of sp³-hybridized carbons (Fsp3) is 0.462. The molecule has 0 unspecified atom stereocenters. The first kappa shape index (κ1) is 23.4. The molecule has 0 saturated heterocycles. The van der Waals surface area contributed by atoms with E-state index in [0.717, 1.165) is 31.6 Å². The minimum atomic E-state index is -4.77. The number of hydrogen-bond donors (Lipinski definition) is 0. The predicted molar refractivity (Wildman–Crippen MR) is 117 cm³/mol. The normalized spacial score (nSPS) is 19.7. The molecule has 0 radical (unpaired) electrons. The van der Waals surface area contributed by atoms with Gasteiger partial charge in [-0.15, -0.1) is 0 Å². The van der Waals surface area contributed by atoms with Crippen LogP contribution in [0.3, 0.4) is 0 Å². The smallest absolute Gasteiger partial charge is 0.419 e. The van der Waals surface area contributed by atoms with E-state index < -0.39 is 17.6 Å². The average Bonchev–Trinajstić information content (AvgIpc) is 2.73. The zero-order valence-corrected chi connectivity index (χ0v) is 18.1. The first-order valence-electron chi connectivity index (χ1n) is 11.1. The quantitative estimate of drug-likeness (QED) is 0.397. The van der Waals surface area contributed by atoms with Crippen molar-refractivity contribution in [1.29, 1.82) is 0 Å². The van der Waals surface area contributed by atoms with Gasteiger partial charge in [-0.2, -0.15) is 13.2 Å². The Hall–Kier alpha value is -2.30. The van der Waals surface area contributed by atoms with E-state index in [4.69, 9.17) is 4.74 Å². The molecule has 1 fully saturated rings. The Balaban J connectivity index is 1.85. The molecule has 0 amide bonds. The highest BCUT2D eigenvalue weighted by molar-refractivity contribution is 5.70. The summed E-state index contributed by atoms with van der Waals surface area (Å²) in [5.41, 5.74) is -0.992. The third kappa shape index (κ3) is 5.90. The van der Waals surface area contributed by atoms with Crippen LogP contribution in [0, 0.1) is 17.7 Å². The van der Waals surface area contributed by atoms with Gasteiger partial charge in [-0.3, -0.25) is 0 Å². The highest BCUT2D eigenvalue weighted by atomic mass is 19.4. The van der Waals surface area contributed by atoms with Gasteiger partial charge in [0.05, 0.1) is 12.2 Å². The molecule has 1 nitrogen and oxygen atoms in total. The summed E-state index contributed by atoms with van der Waals surface area (Å²) in [7, 11) is 0. The van der Waals surface area contributed by atoms with E-state index in [1.54, 1.807) is 24.3 Å². The van der Waals surface area contributed by atoms with Crippen LogP contribution in [0.5, 0.6) is 5.75 Å². The molecule has 2 aromatic carbocycles. The number of ether oxygens (including phenoxy) is 1. The highest BCUT2D eigenvalue weighted by Gasteiger charge is 2.37. The molecule has 2 aromatic rings. The summed E-state index contributed by atoms with van der Waals surface area (Å²) < 4.78 is 61.8. The minimum Gasteiger partial charge on any atom is -0.494 e. The number of hydrogen-bond acceptors (Lipinski definition) is 1. The largest absolute Gasteiger partial charge is 0.494 e. The van der Waals surface area contributed by atoms with Crippen molar-refractivity contribution in [1.82, 2.24) is 0 Å². The van der Waals surface area contributed by atoms with E-state index in [2.05, 4.69) is 6.92 Å². The third-order valence-corrected chi connectivity index (χ3v) is 6.07. The molecule has 0 heterocycles. The fourth-order valence-electron chi connectivity index (χ4n) is 4.46. The monoisotopic (exact) mass is 434 g/mol. The fourth-order valence-corrected chi connectivity index (χ4v) is 4.46. The van der Waals surface area contributed by atoms with Crippen molar-refractivity contribution >= 4 is 6.08 Å². The second kappa shape index (κ2) is 10.3. The van der Waals surface area contributed by atoms with Gasteiger partial charge >= 0.3 is 6.18 Å². The van der Waals surface area contributed by atoms with Gasteiger partial charge in [0.15, 0.2) is 0 Å². The molecule has 0 aromatic heterocycles. The van der Waals surface area contributed by atoms with Crippen LogP contribution >= 0.6 is 0 Å². The molecular weight excluding hydrogens is 404 g/mol. The van der Waals surface area contributed by atoms with Crippen LogP contribution < -0.4 is 4.74 Å². The Morgan fingerprint density at radius 2 is 1.65 bits per heavy atom. The molecule has 0 N–H and O–H groups in total. The molecule has 1 saturated carbocycles. The highest BCUT2D eigenvalue weighted by Crippen LogP contribution is 2.40. The van der Waals surface area contributed by atoms with Gasteiger partial charge in [-0.25, -0.2) is 4.39 Å². The molecular formula is C26H30F4O. The van der Waals surface area contributed by atoms with Crippen molar-refractivity contribution in [2.75, 3.05) is 6.61 Å². The summed E-state index contributed by atoms with van der Waals surface area (Å²) in [6, 6.07) is 9.22. The summed E-state index contributed by atoms with van der Waals surface area (Å²) in [6.07, 6.45) is 5.09. The van der Waals surface area contributed by atoms with E-state index in [0.29, 0.717) is 17.9 Å². The second-order valence-electron chi connectivity index (χ2n) is 8.28. The summed E-state index contributed by atoms with van der Waals surface area (Å²) in [5, 5.41) is 0. The maximum absolute atomic E-state index is 15.1. The van der Waals surface area contributed by atoms with Gasteiger partial charge in [0.25, 0.3) is 0 Å². The zero-order chi connectivity index (χ0) is 22.4. The van der Waals surface area contributed by atoms with Gasteiger partial charge in [0, 0.05) is 5.56 Å². The first-order chi connectivity index (χ1) is 14.8. The number of alkyl halides is 3. The van der Waals surface area contributed by atoms with Crippen molar-refractivity contribution in [2.45, 2.75) is 58.5 Å². The Kier molecular flexibility index (Phi) is 7.79. The minimum absolute atomic E-state index is 0.0624. The Morgan fingerprint density at radius 1 is 0.968 bits per heavy atom. The van der Waals surface area contributed by atoms with Crippen LogP contribution in [-0.4, -0.2) is 6.61 Å². The van der Waals surface area contributed by atoms with Crippen LogP contribution in [0.25, 0.3) is 17.2 Å². The van der Waals surface area contributed by atoms with Crippen LogP contribution in [0.1, 0.15) is 63.5 Å². The number of benzene rings is 2. The van der Waals surface area contributed by atoms with Crippen molar-refractivity contribution in [2.24, 2.45) is 11.8 Å². The molecule has 1 aliphatic rings. The molecule has 0 atom stereocenters. The lowest BCUT2D eigenvalue weighted by atomic mass is 9.80. The van der Waals surface area contributed by atoms with Crippen LogP contribution in [0.2, 0.25) is 0 Å². The molecule has 5 heteroatoms. The molecule has 0 aliphatic heterocycles. The second-order valence-corrected chi connectivity index (χ2v) is 8.28. The SMILES string of the molecule is CCCC1CCC(/C=C/c2ccc(-c3ccc(OCC)cc3)c(F)c2C(F)(F)F)CC1. The van der Waals surface area contributed by atoms with E-state index in [-0.39, 0.29) is 17.0 Å². The maximum Gasteiger partial charge on any atom is 0.419 e. The summed E-state index contributed by atoms with van der Waals surface area (Å²) in [4.78, 5) is 0. The van der Waals surface area contributed by atoms with Crippen molar-refractivity contribution < 1.29 is 22.3 Å². The Labute approximate surface area is 182 Å². The van der Waals surface area contributed by atoms with E-state index >= 15 is 4.39 Å². The lowest BCUT2D eigenvalue weighted by Gasteiger charge is -2.26. The summed E-state index contributed by atoms with van der Waals surface area (Å²) in [6.45, 7) is 4.50. The number of rotatable bonds is 7. The molecule has 1 aliphatic carbocycles. The average molecular weight is 435 g/mol. The van der Waals surface area contributed by atoms with Crippen molar-refractivity contribution in [3.8, 4) is 16.9 Å². The van der Waals surface area contributed by atoms with E-state index in [1.807, 2.05) is 13.0 Å². The molecule has 31 heavy (non-hydrogen) atoms. The predicted octanol–water partition coefficient (Wildman–Crippen LogP) is 8.53.